The molecule has 3 aromatic rings. The fourth-order valence-electron chi connectivity index (χ4n) is 2.76. The number of hydrogen-bond acceptors (Lipinski definition) is 3. The van der Waals surface area contributed by atoms with Gasteiger partial charge in [-0.2, -0.15) is 10.2 Å². The molecule has 3 heterocycles. The summed E-state index contributed by atoms with van der Waals surface area (Å²) >= 11 is 0. The maximum Gasteiger partial charge on any atom is 0.158 e. The molecule has 22 heavy (non-hydrogen) atoms. The largest absolute Gasteiger partial charge is 0.285 e. The van der Waals surface area contributed by atoms with Crippen molar-refractivity contribution < 1.29 is 0 Å². The van der Waals surface area contributed by atoms with Crippen LogP contribution in [0.2, 0.25) is 0 Å². The third kappa shape index (κ3) is 2.43. The van der Waals surface area contributed by atoms with Crippen molar-refractivity contribution in [3.05, 3.63) is 36.3 Å². The number of rotatable bonds is 5. The van der Waals surface area contributed by atoms with Crippen molar-refractivity contribution in [1.29, 1.82) is 0 Å². The van der Waals surface area contributed by atoms with Crippen molar-refractivity contribution in [1.82, 2.24) is 25.0 Å². The SMILES string of the molecule is CCC=C(CC)c1cnc2c(c1)c(-c1cn[nH]c1)nn2CC. The molecule has 114 valence electrons. The molecule has 0 atom stereocenters. The van der Waals surface area contributed by atoms with Gasteiger partial charge in [-0.05, 0) is 37.0 Å². The van der Waals surface area contributed by atoms with Crippen molar-refractivity contribution in [3.63, 3.8) is 0 Å². The van der Waals surface area contributed by atoms with Gasteiger partial charge in [-0.15, -0.1) is 0 Å². The van der Waals surface area contributed by atoms with Crippen molar-refractivity contribution >= 4 is 16.6 Å². The van der Waals surface area contributed by atoms with Crippen molar-refractivity contribution in [3.8, 4) is 11.3 Å². The van der Waals surface area contributed by atoms with E-state index >= 15 is 0 Å². The number of fused-ring (bicyclic) bond motifs is 1. The Bertz CT molecular complexity index is 796. The fourth-order valence-corrected chi connectivity index (χ4v) is 2.76. The minimum Gasteiger partial charge on any atom is -0.285 e. The summed E-state index contributed by atoms with van der Waals surface area (Å²) in [6.07, 6.45) is 9.94. The van der Waals surface area contributed by atoms with Crippen LogP contribution in [0.3, 0.4) is 0 Å². The van der Waals surface area contributed by atoms with E-state index in [0.717, 1.165) is 41.7 Å². The third-order valence-electron chi connectivity index (χ3n) is 3.86. The number of pyridine rings is 1. The normalized spacial score (nSPS) is 12.2. The topological polar surface area (TPSA) is 59.4 Å². The van der Waals surface area contributed by atoms with Gasteiger partial charge in [0.1, 0.15) is 5.69 Å². The molecule has 0 fully saturated rings. The molecule has 0 aliphatic carbocycles. The van der Waals surface area contributed by atoms with Gasteiger partial charge < -0.3 is 0 Å². The van der Waals surface area contributed by atoms with Crippen LogP contribution >= 0.6 is 0 Å². The molecule has 0 radical (unpaired) electrons. The summed E-state index contributed by atoms with van der Waals surface area (Å²) < 4.78 is 1.94. The van der Waals surface area contributed by atoms with E-state index in [1.165, 1.54) is 11.1 Å². The Kier molecular flexibility index (Phi) is 4.04. The van der Waals surface area contributed by atoms with Crippen LogP contribution in [0.4, 0.5) is 0 Å². The van der Waals surface area contributed by atoms with Crippen molar-refractivity contribution in [2.75, 3.05) is 0 Å². The molecule has 0 amide bonds. The number of nitrogens with zero attached hydrogens (tertiary/aromatic N) is 4. The van der Waals surface area contributed by atoms with Crippen LogP contribution in [0.15, 0.2) is 30.7 Å². The highest BCUT2D eigenvalue weighted by Crippen LogP contribution is 2.29. The lowest BCUT2D eigenvalue weighted by Crippen LogP contribution is -1.97. The molecular formula is C17H21N5. The summed E-state index contributed by atoms with van der Waals surface area (Å²) in [5, 5.41) is 12.7. The number of allylic oxidation sites excluding steroid dienone is 2. The summed E-state index contributed by atoms with van der Waals surface area (Å²) in [4.78, 5) is 4.66. The molecule has 0 aromatic carbocycles. The quantitative estimate of drug-likeness (QED) is 0.772. The molecule has 3 rings (SSSR count). The highest BCUT2D eigenvalue weighted by Gasteiger charge is 2.15. The number of hydrogen-bond donors (Lipinski definition) is 1. The number of aromatic amines is 1. The third-order valence-corrected chi connectivity index (χ3v) is 3.86. The Balaban J connectivity index is 2.22. The Morgan fingerprint density at radius 3 is 2.77 bits per heavy atom. The van der Waals surface area contributed by atoms with E-state index in [-0.39, 0.29) is 0 Å². The summed E-state index contributed by atoms with van der Waals surface area (Å²) in [5.41, 5.74) is 5.37. The monoisotopic (exact) mass is 295 g/mol. The van der Waals surface area contributed by atoms with Gasteiger partial charge >= 0.3 is 0 Å². The highest BCUT2D eigenvalue weighted by atomic mass is 15.3. The van der Waals surface area contributed by atoms with Gasteiger partial charge in [0, 0.05) is 29.9 Å². The zero-order valence-corrected chi connectivity index (χ0v) is 13.3. The summed E-state index contributed by atoms with van der Waals surface area (Å²) in [6.45, 7) is 7.22. The van der Waals surface area contributed by atoms with Crippen molar-refractivity contribution in [2.24, 2.45) is 0 Å². The zero-order chi connectivity index (χ0) is 15.5. The molecule has 0 spiro atoms. The van der Waals surface area contributed by atoms with Gasteiger partial charge in [-0.3, -0.25) is 5.10 Å². The zero-order valence-electron chi connectivity index (χ0n) is 13.3. The number of aryl methyl sites for hydroxylation is 1. The molecule has 0 unspecified atom stereocenters. The second kappa shape index (κ2) is 6.13. The van der Waals surface area contributed by atoms with Crippen molar-refractivity contribution in [2.45, 2.75) is 40.2 Å². The molecule has 0 aliphatic heterocycles. The lowest BCUT2D eigenvalue weighted by atomic mass is 10.0. The molecule has 0 aliphatic rings. The van der Waals surface area contributed by atoms with E-state index < -0.39 is 0 Å². The minimum atomic E-state index is 0.798. The number of aromatic nitrogens is 5. The predicted molar refractivity (Wildman–Crippen MR) is 89.3 cm³/mol. The molecule has 0 bridgehead atoms. The number of nitrogens with one attached hydrogen (secondary N) is 1. The maximum absolute atomic E-state index is 4.70. The molecule has 0 saturated heterocycles. The molecule has 3 aromatic heterocycles. The number of H-pyrrole nitrogens is 1. The highest BCUT2D eigenvalue weighted by molar-refractivity contribution is 5.92. The van der Waals surface area contributed by atoms with E-state index in [2.05, 4.69) is 48.1 Å². The Labute approximate surface area is 130 Å². The van der Waals surface area contributed by atoms with Gasteiger partial charge in [0.25, 0.3) is 0 Å². The summed E-state index contributed by atoms with van der Waals surface area (Å²) in [5.74, 6) is 0. The second-order valence-corrected chi connectivity index (χ2v) is 5.24. The van der Waals surface area contributed by atoms with Crippen LogP contribution in [0.1, 0.15) is 39.2 Å². The lowest BCUT2D eigenvalue weighted by Gasteiger charge is -2.05. The van der Waals surface area contributed by atoms with Crippen LogP contribution < -0.4 is 0 Å². The van der Waals surface area contributed by atoms with Crippen LogP contribution in [-0.4, -0.2) is 25.0 Å². The van der Waals surface area contributed by atoms with Crippen LogP contribution in [0, 0.1) is 0 Å². The first-order valence-electron chi connectivity index (χ1n) is 7.83. The average molecular weight is 295 g/mol. The van der Waals surface area contributed by atoms with Gasteiger partial charge in [-0.1, -0.05) is 19.9 Å². The second-order valence-electron chi connectivity index (χ2n) is 5.24. The molecule has 0 saturated carbocycles. The minimum absolute atomic E-state index is 0.798. The Morgan fingerprint density at radius 1 is 1.27 bits per heavy atom. The predicted octanol–water partition coefficient (Wildman–Crippen LogP) is 4.04. The van der Waals surface area contributed by atoms with E-state index in [9.17, 15) is 0 Å². The van der Waals surface area contributed by atoms with Crippen LogP contribution in [-0.2, 0) is 6.54 Å². The molecule has 1 N–H and O–H groups in total. The summed E-state index contributed by atoms with van der Waals surface area (Å²) in [6, 6.07) is 2.20. The van der Waals surface area contributed by atoms with Crippen LogP contribution in [0.25, 0.3) is 27.9 Å². The fraction of sp³-hybridized carbons (Fsp3) is 0.353. The van der Waals surface area contributed by atoms with Gasteiger partial charge in [-0.25, -0.2) is 9.67 Å². The Hall–Kier alpha value is -2.43. The molecule has 5 nitrogen and oxygen atoms in total. The molecular weight excluding hydrogens is 274 g/mol. The summed E-state index contributed by atoms with van der Waals surface area (Å²) in [7, 11) is 0. The Morgan fingerprint density at radius 2 is 2.14 bits per heavy atom. The van der Waals surface area contributed by atoms with E-state index in [1.54, 1.807) is 6.20 Å². The van der Waals surface area contributed by atoms with Gasteiger partial charge in [0.15, 0.2) is 5.65 Å². The average Bonchev–Trinajstić information content (AvgIpc) is 3.18. The first kappa shape index (κ1) is 14.5. The van der Waals surface area contributed by atoms with E-state index in [1.807, 2.05) is 17.1 Å². The molecule has 5 heteroatoms. The van der Waals surface area contributed by atoms with Crippen LogP contribution in [0.5, 0.6) is 0 Å². The van der Waals surface area contributed by atoms with E-state index in [4.69, 9.17) is 5.10 Å². The maximum atomic E-state index is 4.70. The standard InChI is InChI=1S/C17H21N5/c1-4-7-12(5-2)13-8-15-16(14-10-19-20-11-14)21-22(6-3)17(15)18-9-13/h7-11H,4-6H2,1-3H3,(H,19,20). The van der Waals surface area contributed by atoms with Gasteiger partial charge in [0.2, 0.25) is 0 Å². The first-order valence-corrected chi connectivity index (χ1v) is 7.83. The van der Waals surface area contributed by atoms with E-state index in [0.29, 0.717) is 0 Å². The lowest BCUT2D eigenvalue weighted by molar-refractivity contribution is 0.679. The smallest absolute Gasteiger partial charge is 0.158 e. The first-order chi connectivity index (χ1) is 10.8. The van der Waals surface area contributed by atoms with Gasteiger partial charge in [0.05, 0.1) is 6.20 Å².